The summed E-state index contributed by atoms with van der Waals surface area (Å²) in [6.07, 6.45) is 1.03. The second kappa shape index (κ2) is 12.5. The number of aliphatic imine (C=N–C) groups is 1. The smallest absolute Gasteiger partial charge is 0.191 e. The van der Waals surface area contributed by atoms with Crippen LogP contribution in [-0.2, 0) is 6.54 Å². The average molecular weight is 527 g/mol. The topological polar surface area (TPSA) is 60.7 Å². The van der Waals surface area contributed by atoms with Crippen molar-refractivity contribution in [1.29, 1.82) is 0 Å². The summed E-state index contributed by atoms with van der Waals surface area (Å²) in [4.78, 5) is 14.4. The number of nitrogens with one attached hydrogen (secondary N) is 2. The molecule has 2 heterocycles. The van der Waals surface area contributed by atoms with Crippen LogP contribution in [0.5, 0.6) is 0 Å². The van der Waals surface area contributed by atoms with Gasteiger partial charge in [0.05, 0.1) is 17.6 Å². The molecule has 0 aliphatic carbocycles. The summed E-state index contributed by atoms with van der Waals surface area (Å²) < 4.78 is 2.30. The number of hydrogen-bond acceptors (Lipinski definition) is 4. The van der Waals surface area contributed by atoms with Crippen molar-refractivity contribution in [2.75, 3.05) is 52.9 Å². The van der Waals surface area contributed by atoms with Crippen LogP contribution in [0.15, 0.2) is 29.3 Å². The monoisotopic (exact) mass is 527 g/mol. The zero-order valence-electron chi connectivity index (χ0n) is 18.9. The fraction of sp³-hybridized carbons (Fsp3) is 0.636. The van der Waals surface area contributed by atoms with Crippen LogP contribution in [0, 0.1) is 6.92 Å². The number of aromatic nitrogens is 2. The molecule has 0 saturated carbocycles. The number of rotatable bonds is 8. The number of nitrogens with zero attached hydrogens (tertiary/aromatic N) is 5. The number of imidazole rings is 1. The third kappa shape index (κ3) is 6.81. The van der Waals surface area contributed by atoms with E-state index in [2.05, 4.69) is 76.0 Å². The van der Waals surface area contributed by atoms with Crippen LogP contribution in [0.4, 0.5) is 0 Å². The molecule has 0 spiro atoms. The summed E-state index contributed by atoms with van der Waals surface area (Å²) in [6.45, 7) is 14.6. The molecular weight excluding hydrogens is 489 g/mol. The molecule has 1 unspecified atom stereocenters. The van der Waals surface area contributed by atoms with E-state index in [4.69, 9.17) is 4.99 Å². The lowest BCUT2D eigenvalue weighted by molar-refractivity contribution is 0.122. The van der Waals surface area contributed by atoms with Crippen molar-refractivity contribution in [3.8, 4) is 0 Å². The maximum absolute atomic E-state index is 4.83. The minimum atomic E-state index is 0. The van der Waals surface area contributed by atoms with E-state index in [0.717, 1.165) is 76.1 Å². The first-order chi connectivity index (χ1) is 14.1. The normalized spacial score (nSPS) is 17.0. The Kier molecular flexibility index (Phi) is 10.3. The molecule has 3 rings (SSSR count). The molecule has 30 heavy (non-hydrogen) atoms. The molecule has 7 nitrogen and oxygen atoms in total. The van der Waals surface area contributed by atoms with Crippen molar-refractivity contribution in [2.24, 2.45) is 4.99 Å². The highest BCUT2D eigenvalue weighted by molar-refractivity contribution is 14.0. The molecule has 1 aliphatic rings. The minimum Gasteiger partial charge on any atom is -0.357 e. The second-order valence-corrected chi connectivity index (χ2v) is 7.99. The van der Waals surface area contributed by atoms with Crippen LogP contribution in [-0.4, -0.2) is 84.2 Å². The first kappa shape index (κ1) is 24.9. The Hall–Kier alpha value is -1.39. The van der Waals surface area contributed by atoms with Gasteiger partial charge < -0.3 is 20.1 Å². The van der Waals surface area contributed by atoms with Gasteiger partial charge in [0.2, 0.25) is 0 Å². The molecule has 0 amide bonds. The van der Waals surface area contributed by atoms with Gasteiger partial charge in [0.15, 0.2) is 5.96 Å². The molecule has 0 radical (unpaired) electrons. The quantitative estimate of drug-likeness (QED) is 0.239. The fourth-order valence-electron chi connectivity index (χ4n) is 3.87. The summed E-state index contributed by atoms with van der Waals surface area (Å²) in [5, 5.41) is 6.87. The van der Waals surface area contributed by atoms with Gasteiger partial charge >= 0.3 is 0 Å². The molecule has 0 bridgehead atoms. The van der Waals surface area contributed by atoms with E-state index >= 15 is 0 Å². The molecule has 168 valence electrons. The van der Waals surface area contributed by atoms with Gasteiger partial charge in [-0.25, -0.2) is 4.98 Å². The minimum absolute atomic E-state index is 0. The van der Waals surface area contributed by atoms with Gasteiger partial charge in [-0.05, 0) is 46.4 Å². The maximum atomic E-state index is 4.83. The summed E-state index contributed by atoms with van der Waals surface area (Å²) in [7, 11) is 2.20. The number of guanidine groups is 1. The molecule has 1 aliphatic heterocycles. The van der Waals surface area contributed by atoms with Gasteiger partial charge in [0.25, 0.3) is 0 Å². The predicted molar refractivity (Wildman–Crippen MR) is 137 cm³/mol. The molecule has 1 saturated heterocycles. The van der Waals surface area contributed by atoms with Crippen LogP contribution in [0.3, 0.4) is 0 Å². The van der Waals surface area contributed by atoms with E-state index in [-0.39, 0.29) is 24.0 Å². The number of benzene rings is 1. The summed E-state index contributed by atoms with van der Waals surface area (Å²) in [6, 6.07) is 8.82. The highest BCUT2D eigenvalue weighted by Gasteiger charge is 2.18. The van der Waals surface area contributed by atoms with E-state index in [1.54, 1.807) is 0 Å². The Bertz CT molecular complexity index is 796. The molecule has 8 heteroatoms. The molecular formula is C22H38IN7. The van der Waals surface area contributed by atoms with Crippen LogP contribution < -0.4 is 10.6 Å². The van der Waals surface area contributed by atoms with E-state index in [1.165, 1.54) is 5.52 Å². The number of halogens is 1. The number of aryl methyl sites for hydroxylation is 2. The molecule has 2 aromatic rings. The first-order valence-corrected chi connectivity index (χ1v) is 10.9. The number of hydrogen-bond donors (Lipinski definition) is 2. The highest BCUT2D eigenvalue weighted by atomic mass is 127. The van der Waals surface area contributed by atoms with Crippen LogP contribution >= 0.6 is 24.0 Å². The third-order valence-corrected chi connectivity index (χ3v) is 5.72. The zero-order chi connectivity index (χ0) is 20.6. The molecule has 2 N–H and O–H groups in total. The van der Waals surface area contributed by atoms with Crippen LogP contribution in [0.25, 0.3) is 11.0 Å². The maximum Gasteiger partial charge on any atom is 0.191 e. The van der Waals surface area contributed by atoms with Crippen molar-refractivity contribution in [3.63, 3.8) is 0 Å². The summed E-state index contributed by atoms with van der Waals surface area (Å²) in [5.74, 6) is 1.99. The van der Waals surface area contributed by atoms with Crippen molar-refractivity contribution in [1.82, 2.24) is 30.0 Å². The Labute approximate surface area is 198 Å². The lowest BCUT2D eigenvalue weighted by Crippen LogP contribution is -2.49. The summed E-state index contributed by atoms with van der Waals surface area (Å²) >= 11 is 0. The Morgan fingerprint density at radius 1 is 1.17 bits per heavy atom. The van der Waals surface area contributed by atoms with Crippen molar-refractivity contribution < 1.29 is 0 Å². The van der Waals surface area contributed by atoms with Gasteiger partial charge in [-0.3, -0.25) is 9.89 Å². The largest absolute Gasteiger partial charge is 0.357 e. The van der Waals surface area contributed by atoms with Gasteiger partial charge in [0.1, 0.15) is 5.82 Å². The van der Waals surface area contributed by atoms with Gasteiger partial charge in [-0.15, -0.1) is 24.0 Å². The van der Waals surface area contributed by atoms with Crippen LogP contribution in [0.1, 0.15) is 26.1 Å². The summed E-state index contributed by atoms with van der Waals surface area (Å²) in [5.41, 5.74) is 2.29. The Morgan fingerprint density at radius 3 is 2.63 bits per heavy atom. The molecule has 1 fully saturated rings. The van der Waals surface area contributed by atoms with E-state index in [0.29, 0.717) is 6.04 Å². The van der Waals surface area contributed by atoms with E-state index in [1.807, 2.05) is 6.07 Å². The average Bonchev–Trinajstić information content (AvgIpc) is 3.04. The predicted octanol–water partition coefficient (Wildman–Crippen LogP) is 2.54. The Balaban J connectivity index is 0.00000320. The van der Waals surface area contributed by atoms with Crippen molar-refractivity contribution >= 4 is 41.0 Å². The number of fused-ring (bicyclic) bond motifs is 1. The SMILES string of the molecule is CCNC(=NCC(C)N1CCN(C)CC1)NCCCn1c(C)nc2ccccc21.I. The second-order valence-electron chi connectivity index (χ2n) is 7.99. The van der Waals surface area contributed by atoms with Gasteiger partial charge in [-0.2, -0.15) is 0 Å². The molecule has 1 aromatic heterocycles. The van der Waals surface area contributed by atoms with Crippen LogP contribution in [0.2, 0.25) is 0 Å². The lowest BCUT2D eigenvalue weighted by atomic mass is 10.2. The standard InChI is InChI=1S/C22H37N7.HI/c1-5-23-22(25-17-18(2)28-15-13-27(4)14-16-28)24-11-8-12-29-19(3)26-20-9-6-7-10-21(20)29;/h6-7,9-10,18H,5,8,11-17H2,1-4H3,(H2,23,24,25);1H. The molecule has 1 atom stereocenters. The van der Waals surface area contributed by atoms with E-state index in [9.17, 15) is 0 Å². The van der Waals surface area contributed by atoms with Crippen molar-refractivity contribution in [2.45, 2.75) is 39.8 Å². The molecule has 1 aromatic carbocycles. The third-order valence-electron chi connectivity index (χ3n) is 5.72. The van der Waals surface area contributed by atoms with Gasteiger partial charge in [-0.1, -0.05) is 12.1 Å². The van der Waals surface area contributed by atoms with Crippen molar-refractivity contribution in [3.05, 3.63) is 30.1 Å². The zero-order valence-corrected chi connectivity index (χ0v) is 21.2. The number of likely N-dealkylation sites (N-methyl/N-ethyl adjacent to an activating group) is 1. The highest BCUT2D eigenvalue weighted by Crippen LogP contribution is 2.15. The van der Waals surface area contributed by atoms with E-state index < -0.39 is 0 Å². The fourth-order valence-corrected chi connectivity index (χ4v) is 3.87. The lowest BCUT2D eigenvalue weighted by Gasteiger charge is -2.35. The Morgan fingerprint density at radius 2 is 1.90 bits per heavy atom. The first-order valence-electron chi connectivity index (χ1n) is 10.9. The number of para-hydroxylation sites is 2. The number of piperazine rings is 1. The van der Waals surface area contributed by atoms with Gasteiger partial charge in [0, 0.05) is 51.9 Å².